The molecule has 23 heavy (non-hydrogen) atoms. The molecule has 0 bridgehead atoms. The number of carbonyl (C=O) groups is 1. The first-order valence-corrected chi connectivity index (χ1v) is 7.71. The molecular formula is C15H17N5O3. The number of hydrogen-bond acceptors (Lipinski definition) is 7. The lowest BCUT2D eigenvalue weighted by Gasteiger charge is -2.33. The van der Waals surface area contributed by atoms with Crippen LogP contribution in [-0.4, -0.2) is 50.1 Å². The van der Waals surface area contributed by atoms with Crippen molar-refractivity contribution in [3.63, 3.8) is 0 Å². The van der Waals surface area contributed by atoms with E-state index in [2.05, 4.69) is 20.1 Å². The van der Waals surface area contributed by atoms with Gasteiger partial charge in [0, 0.05) is 25.2 Å². The normalized spacial score (nSPS) is 27.0. The van der Waals surface area contributed by atoms with Gasteiger partial charge in [-0.2, -0.15) is 4.98 Å². The van der Waals surface area contributed by atoms with Crippen LogP contribution < -0.4 is 0 Å². The van der Waals surface area contributed by atoms with Crippen LogP contribution >= 0.6 is 0 Å². The van der Waals surface area contributed by atoms with Gasteiger partial charge in [-0.05, 0) is 25.8 Å². The summed E-state index contributed by atoms with van der Waals surface area (Å²) in [5.74, 6) is 1.37. The highest BCUT2D eigenvalue weighted by atomic mass is 16.5. The number of aryl methyl sites for hydroxylation is 1. The lowest BCUT2D eigenvalue weighted by atomic mass is 9.92. The van der Waals surface area contributed by atoms with Crippen molar-refractivity contribution in [3.8, 4) is 0 Å². The molecule has 4 heterocycles. The summed E-state index contributed by atoms with van der Waals surface area (Å²) in [6.45, 7) is 3.12. The van der Waals surface area contributed by atoms with Crippen molar-refractivity contribution < 1.29 is 14.1 Å². The van der Waals surface area contributed by atoms with Crippen LogP contribution in [0.25, 0.3) is 0 Å². The lowest BCUT2D eigenvalue weighted by molar-refractivity contribution is -0.00786. The molecule has 0 saturated carbocycles. The number of piperidine rings is 1. The molecule has 2 fully saturated rings. The van der Waals surface area contributed by atoms with E-state index in [1.165, 1.54) is 6.33 Å². The molecule has 8 nitrogen and oxygen atoms in total. The van der Waals surface area contributed by atoms with Crippen molar-refractivity contribution in [1.29, 1.82) is 0 Å². The molecule has 4 rings (SSSR count). The van der Waals surface area contributed by atoms with E-state index in [1.807, 2.05) is 4.90 Å². The fourth-order valence-electron chi connectivity index (χ4n) is 3.32. The minimum absolute atomic E-state index is 0.0528. The molecule has 0 aliphatic carbocycles. The van der Waals surface area contributed by atoms with Crippen molar-refractivity contribution in [1.82, 2.24) is 25.0 Å². The number of aromatic nitrogens is 4. The summed E-state index contributed by atoms with van der Waals surface area (Å²) < 4.78 is 11.3. The number of amides is 1. The van der Waals surface area contributed by atoms with Gasteiger partial charge < -0.3 is 14.2 Å². The number of nitrogens with zero attached hydrogens (tertiary/aromatic N) is 5. The molecule has 2 aromatic rings. The zero-order chi connectivity index (χ0) is 15.8. The smallest absolute Gasteiger partial charge is 0.272 e. The van der Waals surface area contributed by atoms with Crippen LogP contribution in [0.2, 0.25) is 0 Å². The summed E-state index contributed by atoms with van der Waals surface area (Å²) in [4.78, 5) is 26.5. The maximum atomic E-state index is 12.5. The van der Waals surface area contributed by atoms with Crippen molar-refractivity contribution in [2.24, 2.45) is 5.92 Å². The Morgan fingerprint density at radius 2 is 2.35 bits per heavy atom. The Morgan fingerprint density at radius 3 is 3.09 bits per heavy atom. The molecule has 2 aliphatic rings. The third-order valence-electron chi connectivity index (χ3n) is 4.43. The first-order chi connectivity index (χ1) is 11.2. The molecule has 0 radical (unpaired) electrons. The third-order valence-corrected chi connectivity index (χ3v) is 4.43. The number of likely N-dealkylation sites (tertiary alicyclic amines) is 1. The monoisotopic (exact) mass is 315 g/mol. The van der Waals surface area contributed by atoms with E-state index < -0.39 is 0 Å². The molecule has 0 spiro atoms. The molecule has 2 aromatic heterocycles. The summed E-state index contributed by atoms with van der Waals surface area (Å²) in [5.41, 5.74) is 0.432. The standard InChI is InChI=1S/C15H17N5O3/c1-9-18-14(23-19-9)13-6-10-7-20(5-3-12(10)22-13)15(21)11-2-4-16-8-17-11/h2,4,8,10,12-13H,3,5-7H2,1H3/t10-,12-,13+/m1/s1. The maximum absolute atomic E-state index is 12.5. The van der Waals surface area contributed by atoms with Crippen molar-refractivity contribution in [2.75, 3.05) is 13.1 Å². The summed E-state index contributed by atoms with van der Waals surface area (Å²) in [5, 5.41) is 3.82. The summed E-state index contributed by atoms with van der Waals surface area (Å²) >= 11 is 0. The summed E-state index contributed by atoms with van der Waals surface area (Å²) in [6.07, 6.45) is 4.55. The minimum atomic E-state index is -0.166. The highest BCUT2D eigenvalue weighted by Gasteiger charge is 2.42. The number of ether oxygens (including phenoxy) is 1. The Bertz CT molecular complexity index is 704. The van der Waals surface area contributed by atoms with Gasteiger partial charge in [-0.25, -0.2) is 9.97 Å². The lowest BCUT2D eigenvalue weighted by Crippen LogP contribution is -2.44. The van der Waals surface area contributed by atoms with Crippen LogP contribution in [0.4, 0.5) is 0 Å². The van der Waals surface area contributed by atoms with Crippen LogP contribution in [0.1, 0.15) is 41.1 Å². The maximum Gasteiger partial charge on any atom is 0.272 e. The van der Waals surface area contributed by atoms with Gasteiger partial charge in [0.15, 0.2) is 5.82 Å². The number of fused-ring (bicyclic) bond motifs is 1. The molecule has 120 valence electrons. The van der Waals surface area contributed by atoms with Gasteiger partial charge in [0.25, 0.3) is 11.8 Å². The Morgan fingerprint density at radius 1 is 1.43 bits per heavy atom. The van der Waals surface area contributed by atoms with E-state index in [0.717, 1.165) is 12.8 Å². The number of hydrogen-bond donors (Lipinski definition) is 0. The molecule has 2 saturated heterocycles. The zero-order valence-corrected chi connectivity index (χ0v) is 12.8. The largest absolute Gasteiger partial charge is 0.365 e. The van der Waals surface area contributed by atoms with E-state index in [0.29, 0.717) is 30.5 Å². The van der Waals surface area contributed by atoms with E-state index in [4.69, 9.17) is 9.26 Å². The van der Waals surface area contributed by atoms with Crippen LogP contribution in [0.15, 0.2) is 23.1 Å². The molecular weight excluding hydrogens is 298 g/mol. The average molecular weight is 315 g/mol. The van der Waals surface area contributed by atoms with Gasteiger partial charge in [0.05, 0.1) is 6.10 Å². The van der Waals surface area contributed by atoms with Crippen LogP contribution in [0.3, 0.4) is 0 Å². The third kappa shape index (κ3) is 2.70. The molecule has 2 aliphatic heterocycles. The molecule has 0 unspecified atom stereocenters. The van der Waals surface area contributed by atoms with Gasteiger partial charge >= 0.3 is 0 Å². The topological polar surface area (TPSA) is 94.2 Å². The number of rotatable bonds is 2. The highest BCUT2D eigenvalue weighted by molar-refractivity contribution is 5.92. The average Bonchev–Trinajstić information content (AvgIpc) is 3.20. The molecule has 1 amide bonds. The van der Waals surface area contributed by atoms with Crippen LogP contribution in [-0.2, 0) is 4.74 Å². The Balaban J connectivity index is 1.44. The fraction of sp³-hybridized carbons (Fsp3) is 0.533. The molecule has 0 aromatic carbocycles. The fourth-order valence-corrected chi connectivity index (χ4v) is 3.32. The van der Waals surface area contributed by atoms with Crippen LogP contribution in [0.5, 0.6) is 0 Å². The minimum Gasteiger partial charge on any atom is -0.365 e. The Hall–Kier alpha value is -2.35. The first-order valence-electron chi connectivity index (χ1n) is 7.71. The highest BCUT2D eigenvalue weighted by Crippen LogP contribution is 2.40. The van der Waals surface area contributed by atoms with Gasteiger partial charge in [0.1, 0.15) is 18.1 Å². The van der Waals surface area contributed by atoms with Gasteiger partial charge in [0.2, 0.25) is 0 Å². The van der Waals surface area contributed by atoms with Crippen molar-refractivity contribution in [2.45, 2.75) is 32.0 Å². The van der Waals surface area contributed by atoms with Crippen molar-refractivity contribution in [3.05, 3.63) is 36.0 Å². The van der Waals surface area contributed by atoms with Crippen LogP contribution in [0, 0.1) is 12.8 Å². The quantitative estimate of drug-likeness (QED) is 0.820. The van der Waals surface area contributed by atoms with Gasteiger partial charge in [-0.3, -0.25) is 4.79 Å². The predicted octanol–water partition coefficient (Wildman–Crippen LogP) is 1.16. The van der Waals surface area contributed by atoms with E-state index in [9.17, 15) is 4.79 Å². The Kier molecular flexibility index (Phi) is 3.53. The van der Waals surface area contributed by atoms with E-state index >= 15 is 0 Å². The van der Waals surface area contributed by atoms with E-state index in [1.54, 1.807) is 19.2 Å². The number of carbonyl (C=O) groups excluding carboxylic acids is 1. The SMILES string of the molecule is Cc1noc([C@@H]2C[C@@H]3CN(C(=O)c4ccncn4)CC[C@H]3O2)n1. The molecule has 8 heteroatoms. The second kappa shape index (κ2) is 5.69. The van der Waals surface area contributed by atoms with Gasteiger partial charge in [-0.1, -0.05) is 5.16 Å². The zero-order valence-electron chi connectivity index (χ0n) is 12.8. The molecule has 0 N–H and O–H groups in total. The molecule has 3 atom stereocenters. The summed E-state index contributed by atoms with van der Waals surface area (Å²) in [7, 11) is 0. The van der Waals surface area contributed by atoms with Crippen molar-refractivity contribution >= 4 is 5.91 Å². The second-order valence-corrected chi connectivity index (χ2v) is 5.97. The Labute approximate surface area is 132 Å². The van der Waals surface area contributed by atoms with Gasteiger partial charge in [-0.15, -0.1) is 0 Å². The predicted molar refractivity (Wildman–Crippen MR) is 77.3 cm³/mol. The second-order valence-electron chi connectivity index (χ2n) is 5.97. The van der Waals surface area contributed by atoms with E-state index in [-0.39, 0.29) is 24.0 Å². The first kappa shape index (κ1) is 14.3. The summed E-state index contributed by atoms with van der Waals surface area (Å²) in [6, 6.07) is 1.64.